The Balaban J connectivity index is 1.72. The summed E-state index contributed by atoms with van der Waals surface area (Å²) in [5, 5.41) is 4.76. The van der Waals surface area contributed by atoms with E-state index in [1.54, 1.807) is 0 Å². The van der Waals surface area contributed by atoms with Gasteiger partial charge in [0.1, 0.15) is 0 Å². The number of hydrogen-bond acceptors (Lipinski definition) is 6. The van der Waals surface area contributed by atoms with Crippen LogP contribution in [-0.2, 0) is 30.0 Å². The maximum absolute atomic E-state index is 12.7. The molecule has 35 heavy (non-hydrogen) atoms. The first-order valence-corrected chi connectivity index (χ1v) is 10.6. The number of alkyl halides is 3. The van der Waals surface area contributed by atoms with Crippen molar-refractivity contribution in [2.24, 2.45) is 5.92 Å². The van der Waals surface area contributed by atoms with Crippen LogP contribution in [0.25, 0.3) is 0 Å². The van der Waals surface area contributed by atoms with Crippen molar-refractivity contribution in [3.05, 3.63) is 59.7 Å². The molecule has 0 bridgehead atoms. The van der Waals surface area contributed by atoms with Gasteiger partial charge in [-0.25, -0.2) is 4.79 Å². The molecular formula is C24H25F3N2O6. The zero-order chi connectivity index (χ0) is 26.0. The predicted octanol–water partition coefficient (Wildman–Crippen LogP) is 4.42. The number of ether oxygens (including phenoxy) is 2. The van der Waals surface area contributed by atoms with Crippen LogP contribution in [0.5, 0.6) is 0 Å². The van der Waals surface area contributed by atoms with Crippen LogP contribution in [0.3, 0.4) is 0 Å². The molecule has 0 fully saturated rings. The summed E-state index contributed by atoms with van der Waals surface area (Å²) in [5.74, 6) is -2.44. The molecular weight excluding hydrogens is 469 g/mol. The van der Waals surface area contributed by atoms with Gasteiger partial charge in [-0.15, -0.1) is 0 Å². The maximum Gasteiger partial charge on any atom is 0.416 e. The monoisotopic (exact) mass is 494 g/mol. The second kappa shape index (κ2) is 12.5. The zero-order valence-corrected chi connectivity index (χ0v) is 19.1. The number of esters is 2. The number of anilines is 2. The van der Waals surface area contributed by atoms with Gasteiger partial charge in [0.05, 0.1) is 24.2 Å². The van der Waals surface area contributed by atoms with Crippen molar-refractivity contribution >= 4 is 35.1 Å². The van der Waals surface area contributed by atoms with Crippen molar-refractivity contribution < 1.29 is 41.8 Å². The van der Waals surface area contributed by atoms with Crippen LogP contribution in [0.4, 0.5) is 24.5 Å². The van der Waals surface area contributed by atoms with Crippen LogP contribution in [0.2, 0.25) is 0 Å². The van der Waals surface area contributed by atoms with Crippen molar-refractivity contribution in [2.75, 3.05) is 23.8 Å². The number of amides is 2. The average molecular weight is 494 g/mol. The summed E-state index contributed by atoms with van der Waals surface area (Å²) >= 11 is 0. The van der Waals surface area contributed by atoms with Gasteiger partial charge in [0.15, 0.2) is 6.61 Å². The Morgan fingerprint density at radius 3 is 2.14 bits per heavy atom. The first-order chi connectivity index (χ1) is 16.4. The van der Waals surface area contributed by atoms with E-state index in [2.05, 4.69) is 10.6 Å². The van der Waals surface area contributed by atoms with Crippen LogP contribution in [0.1, 0.15) is 42.6 Å². The first-order valence-electron chi connectivity index (χ1n) is 10.6. The molecule has 0 aliphatic heterocycles. The Morgan fingerprint density at radius 1 is 0.857 bits per heavy atom. The summed E-state index contributed by atoms with van der Waals surface area (Å²) in [7, 11) is 0. The summed E-state index contributed by atoms with van der Waals surface area (Å²) in [6.07, 6.45) is -5.26. The van der Waals surface area contributed by atoms with Gasteiger partial charge in [-0.05, 0) is 48.4 Å². The van der Waals surface area contributed by atoms with Crippen molar-refractivity contribution in [3.63, 3.8) is 0 Å². The fourth-order valence-electron chi connectivity index (χ4n) is 2.64. The molecule has 8 nitrogen and oxygen atoms in total. The van der Waals surface area contributed by atoms with Crippen LogP contribution in [-0.4, -0.2) is 37.0 Å². The van der Waals surface area contributed by atoms with Crippen LogP contribution in [0, 0.1) is 5.92 Å². The molecule has 0 spiro atoms. The van der Waals surface area contributed by atoms with Crippen LogP contribution in [0.15, 0.2) is 48.5 Å². The van der Waals surface area contributed by atoms with Gasteiger partial charge in [0, 0.05) is 17.8 Å². The number of halogens is 3. The van der Waals surface area contributed by atoms with Crippen molar-refractivity contribution in [1.29, 1.82) is 0 Å². The average Bonchev–Trinajstić information content (AvgIpc) is 2.80. The normalized spacial score (nSPS) is 11.0. The smallest absolute Gasteiger partial charge is 0.416 e. The summed E-state index contributed by atoms with van der Waals surface area (Å²) in [5.41, 5.74) is -0.288. The van der Waals surface area contributed by atoms with Gasteiger partial charge in [0.2, 0.25) is 5.91 Å². The van der Waals surface area contributed by atoms with Gasteiger partial charge < -0.3 is 20.1 Å². The Labute approximate surface area is 199 Å². The van der Waals surface area contributed by atoms with E-state index >= 15 is 0 Å². The van der Waals surface area contributed by atoms with E-state index in [9.17, 15) is 32.3 Å². The lowest BCUT2D eigenvalue weighted by Gasteiger charge is -2.10. The molecule has 0 aliphatic rings. The molecule has 0 unspecified atom stereocenters. The van der Waals surface area contributed by atoms with Crippen molar-refractivity contribution in [3.8, 4) is 0 Å². The molecule has 2 N–H and O–H groups in total. The van der Waals surface area contributed by atoms with Gasteiger partial charge in [-0.3, -0.25) is 14.4 Å². The highest BCUT2D eigenvalue weighted by Gasteiger charge is 2.30. The SMILES string of the molecule is CC(C)COC(=O)c1ccc(NC(=O)COC(=O)CCC(=O)Nc2cccc(C(F)(F)F)c2)cc1. The van der Waals surface area contributed by atoms with E-state index < -0.39 is 42.1 Å². The van der Waals surface area contributed by atoms with E-state index in [1.165, 1.54) is 30.3 Å². The molecule has 2 aromatic rings. The zero-order valence-electron chi connectivity index (χ0n) is 19.1. The van der Waals surface area contributed by atoms with E-state index in [1.807, 2.05) is 13.8 Å². The van der Waals surface area contributed by atoms with Gasteiger partial charge in [-0.2, -0.15) is 13.2 Å². The minimum absolute atomic E-state index is 0.0585. The lowest BCUT2D eigenvalue weighted by molar-refractivity contribution is -0.147. The number of rotatable bonds is 10. The molecule has 2 aromatic carbocycles. The lowest BCUT2D eigenvalue weighted by Crippen LogP contribution is -2.22. The molecule has 0 saturated heterocycles. The highest BCUT2D eigenvalue weighted by molar-refractivity contribution is 5.95. The van der Waals surface area contributed by atoms with E-state index in [4.69, 9.17) is 9.47 Å². The quantitative estimate of drug-likeness (QED) is 0.473. The van der Waals surface area contributed by atoms with E-state index in [0.29, 0.717) is 11.3 Å². The summed E-state index contributed by atoms with van der Waals surface area (Å²) in [6.45, 7) is 3.50. The molecule has 11 heteroatoms. The minimum Gasteiger partial charge on any atom is -0.462 e. The largest absolute Gasteiger partial charge is 0.462 e. The third-order valence-electron chi connectivity index (χ3n) is 4.35. The summed E-state index contributed by atoms with van der Waals surface area (Å²) in [6, 6.07) is 10.0. The molecule has 2 amide bonds. The van der Waals surface area contributed by atoms with E-state index in [-0.39, 0.29) is 31.1 Å². The molecule has 0 atom stereocenters. The highest BCUT2D eigenvalue weighted by Crippen LogP contribution is 2.30. The minimum atomic E-state index is -4.55. The van der Waals surface area contributed by atoms with Gasteiger partial charge >= 0.3 is 18.1 Å². The van der Waals surface area contributed by atoms with Crippen LogP contribution < -0.4 is 10.6 Å². The molecule has 0 heterocycles. The number of nitrogens with one attached hydrogen (secondary N) is 2. The number of hydrogen-bond donors (Lipinski definition) is 2. The highest BCUT2D eigenvalue weighted by atomic mass is 19.4. The van der Waals surface area contributed by atoms with Crippen molar-refractivity contribution in [2.45, 2.75) is 32.9 Å². The number of carbonyl (C=O) groups is 4. The molecule has 0 radical (unpaired) electrons. The molecule has 188 valence electrons. The summed E-state index contributed by atoms with van der Waals surface area (Å²) in [4.78, 5) is 47.5. The lowest BCUT2D eigenvalue weighted by atomic mass is 10.2. The van der Waals surface area contributed by atoms with Crippen molar-refractivity contribution in [1.82, 2.24) is 0 Å². The Hall–Kier alpha value is -3.89. The molecule has 0 aliphatic carbocycles. The predicted molar refractivity (Wildman–Crippen MR) is 120 cm³/mol. The van der Waals surface area contributed by atoms with Gasteiger partial charge in [-0.1, -0.05) is 19.9 Å². The standard InChI is InChI=1S/C24H25F3N2O6/c1-15(2)13-35-23(33)16-6-8-18(9-7-16)28-21(31)14-34-22(32)11-10-20(30)29-19-5-3-4-17(12-19)24(25,26)27/h3-9,12,15H,10-11,13-14H2,1-2H3,(H,28,31)(H,29,30). The first kappa shape index (κ1) is 27.4. The number of benzene rings is 2. The third-order valence-corrected chi connectivity index (χ3v) is 4.35. The molecule has 0 saturated carbocycles. The molecule has 2 rings (SSSR count). The van der Waals surface area contributed by atoms with Crippen LogP contribution >= 0.6 is 0 Å². The Morgan fingerprint density at radius 2 is 1.51 bits per heavy atom. The Kier molecular flexibility index (Phi) is 9.80. The van der Waals surface area contributed by atoms with Gasteiger partial charge in [0.25, 0.3) is 5.91 Å². The third kappa shape index (κ3) is 9.86. The number of carbonyl (C=O) groups excluding carboxylic acids is 4. The maximum atomic E-state index is 12.7. The second-order valence-electron chi connectivity index (χ2n) is 7.91. The molecule has 0 aromatic heterocycles. The fraction of sp³-hybridized carbons (Fsp3) is 0.333. The topological polar surface area (TPSA) is 111 Å². The summed E-state index contributed by atoms with van der Waals surface area (Å²) < 4.78 is 48.1. The van der Waals surface area contributed by atoms with E-state index in [0.717, 1.165) is 18.2 Å². The second-order valence-corrected chi connectivity index (χ2v) is 7.91. The Bertz CT molecular complexity index is 1050. The fourth-order valence-corrected chi connectivity index (χ4v) is 2.64.